The molecule has 0 fully saturated rings. The number of nitrogens with zero attached hydrogens (tertiary/aromatic N) is 4. The van der Waals surface area contributed by atoms with Crippen LogP contribution in [0.15, 0.2) is 48.5 Å². The molecule has 1 aromatic carbocycles. The number of urea groups is 1. The van der Waals surface area contributed by atoms with Gasteiger partial charge in [0.25, 0.3) is 0 Å². The number of benzene rings is 1. The zero-order valence-corrected chi connectivity index (χ0v) is 19.9. The summed E-state index contributed by atoms with van der Waals surface area (Å²) in [5.41, 5.74) is 9.78. The maximum Gasteiger partial charge on any atom is 0.337 e. The second-order valence-corrected chi connectivity index (χ2v) is 8.66. The van der Waals surface area contributed by atoms with E-state index in [4.69, 9.17) is 33.3 Å². The number of aryl methyl sites for hydroxylation is 1. The summed E-state index contributed by atoms with van der Waals surface area (Å²) in [6.07, 6.45) is 0. The zero-order valence-electron chi connectivity index (χ0n) is 18.4. The van der Waals surface area contributed by atoms with Crippen LogP contribution in [-0.2, 0) is 6.54 Å². The lowest BCUT2D eigenvalue weighted by atomic mass is 10.00. The number of fused-ring (bicyclic) bond motifs is 1. The molecule has 3 heterocycles. The van der Waals surface area contributed by atoms with E-state index in [1.54, 1.807) is 0 Å². The summed E-state index contributed by atoms with van der Waals surface area (Å²) < 4.78 is 1.89. The first kappa shape index (κ1) is 22.8. The lowest BCUT2D eigenvalue weighted by molar-refractivity contribution is 0.254. The minimum absolute atomic E-state index is 0.182. The predicted molar refractivity (Wildman–Crippen MR) is 132 cm³/mol. The van der Waals surface area contributed by atoms with Crippen LogP contribution in [0.1, 0.15) is 36.6 Å². The van der Waals surface area contributed by atoms with E-state index in [0.29, 0.717) is 18.1 Å². The van der Waals surface area contributed by atoms with Gasteiger partial charge < -0.3 is 5.32 Å². The van der Waals surface area contributed by atoms with Gasteiger partial charge in [-0.15, -0.1) is 0 Å². The Hall–Kier alpha value is -3.36. The first-order valence-electron chi connectivity index (χ1n) is 10.4. The van der Waals surface area contributed by atoms with Gasteiger partial charge in [0, 0.05) is 11.1 Å². The van der Waals surface area contributed by atoms with Gasteiger partial charge in [-0.05, 0) is 42.2 Å². The highest BCUT2D eigenvalue weighted by Gasteiger charge is 2.17. The molecule has 8 nitrogen and oxygen atoms in total. The highest BCUT2D eigenvalue weighted by molar-refractivity contribution is 6.33. The van der Waals surface area contributed by atoms with Crippen LogP contribution >= 0.6 is 23.2 Å². The van der Waals surface area contributed by atoms with Crippen molar-refractivity contribution in [3.63, 3.8) is 0 Å². The fourth-order valence-electron chi connectivity index (χ4n) is 3.59. The number of halogens is 2. The van der Waals surface area contributed by atoms with Crippen molar-refractivity contribution in [2.75, 3.05) is 10.7 Å². The summed E-state index contributed by atoms with van der Waals surface area (Å²) >= 11 is 11.8. The number of hydrazine groups is 1. The van der Waals surface area contributed by atoms with Gasteiger partial charge in [-0.3, -0.25) is 10.9 Å². The summed E-state index contributed by atoms with van der Waals surface area (Å²) in [6.45, 7) is 6.81. The van der Waals surface area contributed by atoms with Crippen LogP contribution in [0.5, 0.6) is 0 Å². The van der Waals surface area contributed by atoms with Gasteiger partial charge in [0.2, 0.25) is 0 Å². The Bertz CT molecular complexity index is 1290. The molecule has 0 aliphatic carbocycles. The SMILES string of the molecule is Cc1nn(Cc2ccccc2)c2nc(NNC(=O)Nc3cc(Cl)nc(Cl)c3)cc(C(C)C)c12. The molecule has 0 aliphatic heterocycles. The summed E-state index contributed by atoms with van der Waals surface area (Å²) in [5, 5.41) is 8.77. The Balaban J connectivity index is 1.59. The van der Waals surface area contributed by atoms with Crippen molar-refractivity contribution in [2.45, 2.75) is 33.2 Å². The van der Waals surface area contributed by atoms with Crippen LogP contribution < -0.4 is 16.2 Å². The molecule has 170 valence electrons. The van der Waals surface area contributed by atoms with Gasteiger partial charge in [-0.1, -0.05) is 67.4 Å². The van der Waals surface area contributed by atoms with Crippen molar-refractivity contribution in [3.8, 4) is 0 Å². The van der Waals surface area contributed by atoms with E-state index < -0.39 is 6.03 Å². The average Bonchev–Trinajstić information content (AvgIpc) is 3.07. The molecule has 3 aromatic heterocycles. The number of anilines is 2. The zero-order chi connectivity index (χ0) is 23.5. The van der Waals surface area contributed by atoms with Gasteiger partial charge in [-0.25, -0.2) is 19.4 Å². The fraction of sp³-hybridized carbons (Fsp3) is 0.217. The van der Waals surface area contributed by atoms with Crippen LogP contribution in [0.25, 0.3) is 11.0 Å². The molecule has 4 aromatic rings. The van der Waals surface area contributed by atoms with Gasteiger partial charge in [-0.2, -0.15) is 5.10 Å². The molecule has 0 aliphatic rings. The van der Waals surface area contributed by atoms with Crippen LogP contribution in [0, 0.1) is 6.92 Å². The van der Waals surface area contributed by atoms with E-state index in [0.717, 1.165) is 27.9 Å². The quantitative estimate of drug-likeness (QED) is 0.239. The summed E-state index contributed by atoms with van der Waals surface area (Å²) in [7, 11) is 0. The standard InChI is InChI=1S/C23H23Cl2N7O/c1-13(2)17-11-20(29-30-23(33)26-16-9-18(24)27-19(25)10-16)28-22-21(17)14(3)31-32(22)12-15-7-5-4-6-8-15/h4-11,13H,12H2,1-3H3,(H,28,29)(H2,26,27,30,33). The van der Waals surface area contributed by atoms with E-state index in [1.807, 2.05) is 35.9 Å². The second kappa shape index (κ2) is 9.64. The fourth-order valence-corrected chi connectivity index (χ4v) is 4.05. The number of hydrogen-bond acceptors (Lipinski definition) is 5. The molecule has 0 saturated heterocycles. The van der Waals surface area contributed by atoms with Crippen LogP contribution in [-0.4, -0.2) is 25.8 Å². The minimum atomic E-state index is -0.504. The predicted octanol–water partition coefficient (Wildman–Crippen LogP) is 5.76. The van der Waals surface area contributed by atoms with Gasteiger partial charge in [0.1, 0.15) is 16.1 Å². The van der Waals surface area contributed by atoms with E-state index in [1.165, 1.54) is 12.1 Å². The highest BCUT2D eigenvalue weighted by Crippen LogP contribution is 2.30. The third-order valence-corrected chi connectivity index (χ3v) is 5.42. The van der Waals surface area contributed by atoms with E-state index in [9.17, 15) is 4.79 Å². The molecule has 0 unspecified atom stereocenters. The van der Waals surface area contributed by atoms with Crippen molar-refractivity contribution in [1.82, 2.24) is 25.2 Å². The van der Waals surface area contributed by atoms with Gasteiger partial charge in [0.05, 0.1) is 12.2 Å². The number of amides is 2. The van der Waals surface area contributed by atoms with Crippen molar-refractivity contribution in [3.05, 3.63) is 75.7 Å². The molecule has 2 amide bonds. The average molecular weight is 484 g/mol. The van der Waals surface area contributed by atoms with Crippen LogP contribution in [0.3, 0.4) is 0 Å². The molecule has 3 N–H and O–H groups in total. The number of carbonyl (C=O) groups excluding carboxylic acids is 1. The first-order chi connectivity index (χ1) is 15.8. The van der Waals surface area contributed by atoms with Crippen molar-refractivity contribution in [1.29, 1.82) is 0 Å². The number of hydrogen-bond donors (Lipinski definition) is 3. The molecule has 0 bridgehead atoms. The lowest BCUT2D eigenvalue weighted by Gasteiger charge is -2.14. The van der Waals surface area contributed by atoms with Crippen LogP contribution in [0.4, 0.5) is 16.3 Å². The topological polar surface area (TPSA) is 96.8 Å². The van der Waals surface area contributed by atoms with E-state index in [2.05, 4.69) is 47.1 Å². The first-order valence-corrected chi connectivity index (χ1v) is 11.1. The third-order valence-electron chi connectivity index (χ3n) is 5.03. The van der Waals surface area contributed by atoms with Crippen LogP contribution in [0.2, 0.25) is 10.3 Å². The molecule has 0 atom stereocenters. The van der Waals surface area contributed by atoms with Gasteiger partial charge in [0.15, 0.2) is 5.65 Å². The number of carbonyl (C=O) groups is 1. The second-order valence-electron chi connectivity index (χ2n) is 7.88. The summed E-state index contributed by atoms with van der Waals surface area (Å²) in [4.78, 5) is 21.0. The lowest BCUT2D eigenvalue weighted by Crippen LogP contribution is -2.34. The van der Waals surface area contributed by atoms with Crippen molar-refractivity contribution < 1.29 is 4.79 Å². The molecular weight excluding hydrogens is 461 g/mol. The Morgan fingerprint density at radius 1 is 1.06 bits per heavy atom. The third kappa shape index (κ3) is 5.35. The van der Waals surface area contributed by atoms with E-state index >= 15 is 0 Å². The maximum atomic E-state index is 12.4. The summed E-state index contributed by atoms with van der Waals surface area (Å²) in [6, 6.07) is 14.5. The molecule has 0 spiro atoms. The Morgan fingerprint density at radius 2 is 1.76 bits per heavy atom. The maximum absolute atomic E-state index is 12.4. The Morgan fingerprint density at radius 3 is 2.42 bits per heavy atom. The number of pyridine rings is 2. The highest BCUT2D eigenvalue weighted by atomic mass is 35.5. The molecule has 0 saturated carbocycles. The molecule has 10 heteroatoms. The minimum Gasteiger partial charge on any atom is -0.306 e. The largest absolute Gasteiger partial charge is 0.337 e. The van der Waals surface area contributed by atoms with Crippen molar-refractivity contribution in [2.24, 2.45) is 0 Å². The van der Waals surface area contributed by atoms with Gasteiger partial charge >= 0.3 is 6.03 Å². The Labute approximate surface area is 201 Å². The molecule has 0 radical (unpaired) electrons. The molecule has 33 heavy (non-hydrogen) atoms. The normalized spacial score (nSPS) is 11.1. The monoisotopic (exact) mass is 483 g/mol. The number of rotatable bonds is 6. The van der Waals surface area contributed by atoms with Crippen molar-refractivity contribution >= 4 is 51.8 Å². The molecule has 4 rings (SSSR count). The smallest absolute Gasteiger partial charge is 0.306 e. The van der Waals surface area contributed by atoms with E-state index in [-0.39, 0.29) is 16.2 Å². The summed E-state index contributed by atoms with van der Waals surface area (Å²) in [5.74, 6) is 0.736. The number of nitrogens with one attached hydrogen (secondary N) is 3. The Kier molecular flexibility index (Phi) is 6.67. The number of aromatic nitrogens is 4. The molecular formula is C23H23Cl2N7O.